The number of rotatable bonds is 4. The zero-order valence-electron chi connectivity index (χ0n) is 14.5. The molecule has 0 spiro atoms. The second kappa shape index (κ2) is 6.37. The summed E-state index contributed by atoms with van der Waals surface area (Å²) in [5.74, 6) is 0.682. The molecule has 0 radical (unpaired) electrons. The largest absolute Gasteiger partial charge is 0.482 e. The Kier molecular flexibility index (Phi) is 4.05. The fourth-order valence-corrected chi connectivity index (χ4v) is 3.38. The van der Waals surface area contributed by atoms with Gasteiger partial charge >= 0.3 is 0 Å². The molecule has 0 saturated carbocycles. The molecule has 1 fully saturated rings. The van der Waals surface area contributed by atoms with Crippen LogP contribution in [0.4, 0.5) is 5.69 Å². The van der Waals surface area contributed by atoms with E-state index >= 15 is 0 Å². The molecule has 25 heavy (non-hydrogen) atoms. The van der Waals surface area contributed by atoms with Gasteiger partial charge in [0, 0.05) is 30.9 Å². The fraction of sp³-hybridized carbons (Fsp3) is 0.368. The number of pyridine rings is 1. The maximum atomic E-state index is 10.5. The molecule has 6 nitrogen and oxygen atoms in total. The molecule has 3 aromatic rings. The van der Waals surface area contributed by atoms with E-state index in [9.17, 15) is 5.11 Å². The van der Waals surface area contributed by atoms with E-state index in [0.29, 0.717) is 18.8 Å². The summed E-state index contributed by atoms with van der Waals surface area (Å²) in [5, 5.41) is 15.7. The van der Waals surface area contributed by atoms with E-state index in [1.165, 1.54) is 5.56 Å². The van der Waals surface area contributed by atoms with Crippen LogP contribution in [0.15, 0.2) is 42.9 Å². The van der Waals surface area contributed by atoms with Crippen molar-refractivity contribution in [3.8, 4) is 5.75 Å². The maximum Gasteiger partial charge on any atom is 0.157 e. The highest BCUT2D eigenvalue weighted by Crippen LogP contribution is 2.30. The van der Waals surface area contributed by atoms with E-state index < -0.39 is 6.10 Å². The van der Waals surface area contributed by atoms with Gasteiger partial charge in [-0.3, -0.25) is 9.67 Å². The number of aryl methyl sites for hydroxylation is 2. The van der Waals surface area contributed by atoms with Crippen molar-refractivity contribution in [3.63, 3.8) is 0 Å². The fourth-order valence-electron chi connectivity index (χ4n) is 3.38. The van der Waals surface area contributed by atoms with E-state index in [4.69, 9.17) is 4.74 Å². The third-order valence-electron chi connectivity index (χ3n) is 4.74. The minimum atomic E-state index is -0.544. The van der Waals surface area contributed by atoms with Crippen molar-refractivity contribution in [2.24, 2.45) is 7.05 Å². The van der Waals surface area contributed by atoms with Gasteiger partial charge < -0.3 is 14.7 Å². The molecule has 1 N–H and O–H groups in total. The molecule has 1 aliphatic rings. The lowest BCUT2D eigenvalue weighted by molar-refractivity contribution is 0.0737. The van der Waals surface area contributed by atoms with Gasteiger partial charge in [0.25, 0.3) is 0 Å². The van der Waals surface area contributed by atoms with Crippen molar-refractivity contribution in [1.82, 2.24) is 14.8 Å². The van der Waals surface area contributed by atoms with Crippen molar-refractivity contribution in [1.29, 1.82) is 0 Å². The van der Waals surface area contributed by atoms with E-state index in [2.05, 4.69) is 40.1 Å². The summed E-state index contributed by atoms with van der Waals surface area (Å²) in [5.41, 5.74) is 3.35. The first-order valence-corrected chi connectivity index (χ1v) is 8.60. The van der Waals surface area contributed by atoms with Gasteiger partial charge in [0.05, 0.1) is 24.5 Å². The van der Waals surface area contributed by atoms with Gasteiger partial charge in [-0.05, 0) is 30.2 Å². The number of aliphatic hydroxyl groups is 1. The Morgan fingerprint density at radius 1 is 1.28 bits per heavy atom. The number of nitrogens with zero attached hydrogens (tertiary/aromatic N) is 4. The zero-order valence-corrected chi connectivity index (χ0v) is 14.5. The minimum Gasteiger partial charge on any atom is -0.482 e. The molecule has 0 bridgehead atoms. The van der Waals surface area contributed by atoms with Crippen molar-refractivity contribution >= 4 is 16.6 Å². The van der Waals surface area contributed by atoms with Gasteiger partial charge in [-0.2, -0.15) is 5.10 Å². The number of aromatic nitrogens is 3. The summed E-state index contributed by atoms with van der Waals surface area (Å²) < 4.78 is 7.62. The average Bonchev–Trinajstić information content (AvgIpc) is 3.20. The predicted octanol–water partition coefficient (Wildman–Crippen LogP) is 2.16. The van der Waals surface area contributed by atoms with Crippen molar-refractivity contribution < 1.29 is 9.84 Å². The van der Waals surface area contributed by atoms with E-state index in [0.717, 1.165) is 23.0 Å². The first kappa shape index (κ1) is 15.9. The third kappa shape index (κ3) is 3.05. The van der Waals surface area contributed by atoms with E-state index in [1.807, 2.05) is 25.5 Å². The number of fused-ring (bicyclic) bond motifs is 1. The number of ether oxygens (including phenoxy) is 1. The van der Waals surface area contributed by atoms with Crippen molar-refractivity contribution in [2.45, 2.75) is 25.6 Å². The van der Waals surface area contributed by atoms with Gasteiger partial charge in [-0.1, -0.05) is 13.0 Å². The van der Waals surface area contributed by atoms with Gasteiger partial charge in [-0.25, -0.2) is 0 Å². The molecular weight excluding hydrogens is 316 g/mol. The molecule has 0 amide bonds. The topological polar surface area (TPSA) is 63.4 Å². The van der Waals surface area contributed by atoms with E-state index in [-0.39, 0.29) is 6.10 Å². The second-order valence-corrected chi connectivity index (χ2v) is 6.51. The lowest BCUT2D eigenvalue weighted by Crippen LogP contribution is -2.29. The van der Waals surface area contributed by atoms with Crippen LogP contribution in [0.25, 0.3) is 10.9 Å². The highest BCUT2D eigenvalue weighted by atomic mass is 16.5. The average molecular weight is 338 g/mol. The molecule has 130 valence electrons. The smallest absolute Gasteiger partial charge is 0.157 e. The number of benzene rings is 1. The molecule has 2 atom stereocenters. The summed E-state index contributed by atoms with van der Waals surface area (Å²) in [7, 11) is 1.85. The Morgan fingerprint density at radius 2 is 2.16 bits per heavy atom. The summed E-state index contributed by atoms with van der Waals surface area (Å²) in [6.07, 6.45) is 5.47. The molecule has 0 aliphatic carbocycles. The normalized spacial score (nSPS) is 20.4. The monoisotopic (exact) mass is 338 g/mol. The third-order valence-corrected chi connectivity index (χ3v) is 4.74. The van der Waals surface area contributed by atoms with Gasteiger partial charge in [0.1, 0.15) is 12.2 Å². The van der Waals surface area contributed by atoms with Crippen molar-refractivity contribution in [2.75, 3.05) is 18.0 Å². The molecule has 0 unspecified atom stereocenters. The summed E-state index contributed by atoms with van der Waals surface area (Å²) in [4.78, 5) is 6.64. The molecular formula is C19H22N4O2. The van der Waals surface area contributed by atoms with Crippen LogP contribution in [0, 0.1) is 0 Å². The quantitative estimate of drug-likeness (QED) is 0.790. The molecule has 2 aromatic heterocycles. The predicted molar refractivity (Wildman–Crippen MR) is 97.0 cm³/mol. The molecule has 4 rings (SSSR count). The van der Waals surface area contributed by atoms with Crippen LogP contribution < -0.4 is 9.64 Å². The molecule has 1 saturated heterocycles. The van der Waals surface area contributed by atoms with Gasteiger partial charge in [-0.15, -0.1) is 0 Å². The number of anilines is 1. The second-order valence-electron chi connectivity index (χ2n) is 6.51. The van der Waals surface area contributed by atoms with Crippen LogP contribution in [0.3, 0.4) is 0 Å². The molecule has 1 aliphatic heterocycles. The maximum absolute atomic E-state index is 10.5. The number of hydrogen-bond acceptors (Lipinski definition) is 5. The Bertz CT molecular complexity index is 892. The lowest BCUT2D eigenvalue weighted by Gasteiger charge is -2.20. The SMILES string of the molecule is CCc1ccc2nccc(N3C[C@@H](O)[C@H](Oc4cnn(C)c4)C3)c2c1. The Labute approximate surface area is 146 Å². The molecule has 6 heteroatoms. The Hall–Kier alpha value is -2.60. The first-order chi connectivity index (χ1) is 12.1. The van der Waals surface area contributed by atoms with Crippen LogP contribution in [-0.4, -0.2) is 45.2 Å². The number of aliphatic hydroxyl groups excluding tert-OH is 1. The molecule has 1 aromatic carbocycles. The first-order valence-electron chi connectivity index (χ1n) is 8.60. The van der Waals surface area contributed by atoms with Crippen molar-refractivity contribution in [3.05, 3.63) is 48.4 Å². The standard InChI is InChI=1S/C19H22N4O2/c1-3-13-4-5-16-15(8-13)17(6-7-20-16)23-11-18(24)19(12-23)25-14-9-21-22(2)10-14/h4-10,18-19,24H,3,11-12H2,1-2H3/t18-,19-/m1/s1. The molecule has 3 heterocycles. The lowest BCUT2D eigenvalue weighted by atomic mass is 10.1. The summed E-state index contributed by atoms with van der Waals surface area (Å²) >= 11 is 0. The van der Waals surface area contributed by atoms with Gasteiger partial charge in [0.2, 0.25) is 0 Å². The van der Waals surface area contributed by atoms with Crippen LogP contribution in [-0.2, 0) is 13.5 Å². The number of hydrogen-bond donors (Lipinski definition) is 1. The summed E-state index contributed by atoms with van der Waals surface area (Å²) in [6, 6.07) is 8.39. The summed E-state index contributed by atoms with van der Waals surface area (Å²) in [6.45, 7) is 3.32. The number of β-amino-alcohol motifs (C(OH)–C–C–N with tert-alkyl or cyclic N) is 1. The Morgan fingerprint density at radius 3 is 2.92 bits per heavy atom. The van der Waals surface area contributed by atoms with Crippen LogP contribution in [0.2, 0.25) is 0 Å². The van der Waals surface area contributed by atoms with Crippen LogP contribution >= 0.6 is 0 Å². The van der Waals surface area contributed by atoms with E-state index in [1.54, 1.807) is 10.9 Å². The zero-order chi connectivity index (χ0) is 17.4. The van der Waals surface area contributed by atoms with Crippen LogP contribution in [0.1, 0.15) is 12.5 Å². The highest BCUT2D eigenvalue weighted by Gasteiger charge is 2.34. The minimum absolute atomic E-state index is 0.276. The van der Waals surface area contributed by atoms with Crippen LogP contribution in [0.5, 0.6) is 5.75 Å². The highest BCUT2D eigenvalue weighted by molar-refractivity contribution is 5.92. The Balaban J connectivity index is 1.61. The van der Waals surface area contributed by atoms with Gasteiger partial charge in [0.15, 0.2) is 5.75 Å².